The fourth-order valence-corrected chi connectivity index (χ4v) is 5.88. The van der Waals surface area contributed by atoms with E-state index < -0.39 is 9.84 Å². The van der Waals surface area contributed by atoms with Gasteiger partial charge < -0.3 is 4.90 Å². The van der Waals surface area contributed by atoms with Crippen LogP contribution in [0.5, 0.6) is 0 Å². The largest absolute Gasteiger partial charge is 0.355 e. The number of hydrogen-bond acceptors (Lipinski definition) is 6. The lowest BCUT2D eigenvalue weighted by Gasteiger charge is -2.33. The third-order valence-corrected chi connectivity index (χ3v) is 7.32. The summed E-state index contributed by atoms with van der Waals surface area (Å²) in [5, 5.41) is 0. The van der Waals surface area contributed by atoms with Crippen molar-refractivity contribution in [3.63, 3.8) is 0 Å². The summed E-state index contributed by atoms with van der Waals surface area (Å²) in [7, 11) is -0.940. The Morgan fingerprint density at radius 1 is 1.22 bits per heavy atom. The molecule has 6 nitrogen and oxygen atoms in total. The number of nitrogens with zero attached hydrogens (tertiary/aromatic N) is 4. The molecule has 1 unspecified atom stereocenters. The van der Waals surface area contributed by atoms with Crippen molar-refractivity contribution in [3.05, 3.63) is 53.0 Å². The highest BCUT2D eigenvalue weighted by atomic mass is 32.2. The average molecular weight is 387 g/mol. The summed E-state index contributed by atoms with van der Waals surface area (Å²) in [4.78, 5) is 13.9. The van der Waals surface area contributed by atoms with Crippen LogP contribution in [0.4, 0.5) is 5.82 Å². The first kappa shape index (κ1) is 18.4. The van der Waals surface area contributed by atoms with Crippen LogP contribution in [0.15, 0.2) is 30.3 Å². The molecule has 0 amide bonds. The number of rotatable bonds is 4. The van der Waals surface area contributed by atoms with Gasteiger partial charge in [-0.25, -0.2) is 18.4 Å². The van der Waals surface area contributed by atoms with E-state index in [1.165, 1.54) is 11.1 Å². The Balaban J connectivity index is 1.56. The molecule has 1 aromatic heterocycles. The van der Waals surface area contributed by atoms with E-state index in [0.717, 1.165) is 43.4 Å². The highest BCUT2D eigenvalue weighted by Crippen LogP contribution is 2.30. The number of aryl methyl sites for hydroxylation is 1. The Bertz CT molecular complexity index is 930. The predicted octanol–water partition coefficient (Wildman–Crippen LogP) is 1.97. The standard InChI is InChI=1S/C20H26N4O2S/c1-15-21-19-13-24(12-16-6-4-3-5-7-16)10-8-18(19)20(22-15)23(2)17-9-11-27(25,26)14-17/h3-7,17H,8-14H2,1-2H3. The molecule has 1 fully saturated rings. The molecule has 0 spiro atoms. The molecule has 2 aliphatic rings. The summed E-state index contributed by atoms with van der Waals surface area (Å²) in [6.45, 7) is 4.59. The van der Waals surface area contributed by atoms with Crippen molar-refractivity contribution >= 4 is 15.7 Å². The Hall–Kier alpha value is -1.99. The van der Waals surface area contributed by atoms with Crippen LogP contribution in [0.1, 0.15) is 29.1 Å². The molecule has 1 atom stereocenters. The molecule has 0 aliphatic carbocycles. The van der Waals surface area contributed by atoms with Crippen LogP contribution in [0.2, 0.25) is 0 Å². The molecule has 4 rings (SSSR count). The van der Waals surface area contributed by atoms with Gasteiger partial charge in [0.2, 0.25) is 0 Å². The third-order valence-electron chi connectivity index (χ3n) is 5.57. The Labute approximate surface area is 161 Å². The van der Waals surface area contributed by atoms with Crippen LogP contribution in [0.3, 0.4) is 0 Å². The second kappa shape index (κ2) is 7.20. The Morgan fingerprint density at radius 3 is 2.70 bits per heavy atom. The molecular weight excluding hydrogens is 360 g/mol. The average Bonchev–Trinajstić information content (AvgIpc) is 3.01. The summed E-state index contributed by atoms with van der Waals surface area (Å²) < 4.78 is 23.8. The number of aromatic nitrogens is 2. The van der Waals surface area contributed by atoms with Crippen LogP contribution < -0.4 is 4.90 Å². The maximum absolute atomic E-state index is 11.9. The third kappa shape index (κ3) is 3.99. The van der Waals surface area contributed by atoms with Gasteiger partial charge in [0.15, 0.2) is 9.84 Å². The predicted molar refractivity (Wildman–Crippen MR) is 106 cm³/mol. The Kier molecular flexibility index (Phi) is 4.90. The second-order valence-corrected chi connectivity index (χ2v) is 9.86. The molecule has 7 heteroatoms. The molecule has 0 saturated carbocycles. The summed E-state index contributed by atoms with van der Waals surface area (Å²) in [5.74, 6) is 2.16. The lowest BCUT2D eigenvalue weighted by atomic mass is 10.0. The van der Waals surface area contributed by atoms with E-state index >= 15 is 0 Å². The van der Waals surface area contributed by atoms with Gasteiger partial charge in [0.1, 0.15) is 11.6 Å². The highest BCUT2D eigenvalue weighted by Gasteiger charge is 2.33. The molecule has 1 aromatic carbocycles. The van der Waals surface area contributed by atoms with E-state index in [9.17, 15) is 8.42 Å². The Morgan fingerprint density at radius 2 is 2.00 bits per heavy atom. The van der Waals surface area contributed by atoms with Crippen molar-refractivity contribution in [1.29, 1.82) is 0 Å². The van der Waals surface area contributed by atoms with E-state index in [2.05, 4.69) is 39.0 Å². The van der Waals surface area contributed by atoms with Gasteiger partial charge in [0.25, 0.3) is 0 Å². The van der Waals surface area contributed by atoms with Crippen molar-refractivity contribution in [2.75, 3.05) is 30.0 Å². The molecule has 3 heterocycles. The van der Waals surface area contributed by atoms with Crippen LogP contribution in [-0.2, 0) is 29.3 Å². The number of hydrogen-bond donors (Lipinski definition) is 0. The zero-order chi connectivity index (χ0) is 19.0. The van der Waals surface area contributed by atoms with Gasteiger partial charge in [-0.2, -0.15) is 0 Å². The summed E-state index contributed by atoms with van der Waals surface area (Å²) in [6.07, 6.45) is 1.57. The minimum atomic E-state index is -2.92. The first-order valence-corrected chi connectivity index (χ1v) is 11.3. The molecule has 2 aromatic rings. The molecule has 0 radical (unpaired) electrons. The molecule has 1 saturated heterocycles. The van der Waals surface area contributed by atoms with E-state index in [1.807, 2.05) is 20.0 Å². The first-order chi connectivity index (χ1) is 12.9. The molecule has 2 aliphatic heterocycles. The van der Waals surface area contributed by atoms with Crippen molar-refractivity contribution in [1.82, 2.24) is 14.9 Å². The molecule has 27 heavy (non-hydrogen) atoms. The summed E-state index contributed by atoms with van der Waals surface area (Å²) in [5.41, 5.74) is 3.56. The van der Waals surface area contributed by atoms with Crippen molar-refractivity contribution < 1.29 is 8.42 Å². The second-order valence-electron chi connectivity index (χ2n) is 7.63. The first-order valence-electron chi connectivity index (χ1n) is 9.47. The van der Waals surface area contributed by atoms with E-state index in [-0.39, 0.29) is 17.5 Å². The van der Waals surface area contributed by atoms with Gasteiger partial charge in [-0.3, -0.25) is 4.90 Å². The van der Waals surface area contributed by atoms with Crippen molar-refractivity contribution in [3.8, 4) is 0 Å². The molecule has 0 bridgehead atoms. The van der Waals surface area contributed by atoms with Gasteiger partial charge in [-0.1, -0.05) is 30.3 Å². The summed E-state index contributed by atoms with van der Waals surface area (Å²) >= 11 is 0. The minimum Gasteiger partial charge on any atom is -0.355 e. The fourth-order valence-electron chi connectivity index (χ4n) is 4.11. The number of fused-ring (bicyclic) bond motifs is 1. The van der Waals surface area contributed by atoms with Crippen LogP contribution >= 0.6 is 0 Å². The lowest BCUT2D eigenvalue weighted by molar-refractivity contribution is 0.241. The molecular formula is C20H26N4O2S. The highest BCUT2D eigenvalue weighted by molar-refractivity contribution is 7.91. The number of sulfone groups is 1. The van der Waals surface area contributed by atoms with Gasteiger partial charge in [-0.05, 0) is 25.3 Å². The van der Waals surface area contributed by atoms with Crippen LogP contribution in [0.25, 0.3) is 0 Å². The lowest BCUT2D eigenvalue weighted by Crippen LogP contribution is -2.37. The van der Waals surface area contributed by atoms with E-state index in [4.69, 9.17) is 4.98 Å². The maximum atomic E-state index is 11.9. The van der Waals surface area contributed by atoms with Crippen molar-refractivity contribution in [2.45, 2.75) is 38.9 Å². The fraction of sp³-hybridized carbons (Fsp3) is 0.500. The number of benzene rings is 1. The molecule has 0 N–H and O–H groups in total. The zero-order valence-corrected chi connectivity index (χ0v) is 16.7. The zero-order valence-electron chi connectivity index (χ0n) is 15.9. The van der Waals surface area contributed by atoms with Gasteiger partial charge >= 0.3 is 0 Å². The van der Waals surface area contributed by atoms with Gasteiger partial charge in [0, 0.05) is 38.3 Å². The van der Waals surface area contributed by atoms with Gasteiger partial charge in [-0.15, -0.1) is 0 Å². The summed E-state index contributed by atoms with van der Waals surface area (Å²) in [6, 6.07) is 10.5. The monoisotopic (exact) mass is 386 g/mol. The minimum absolute atomic E-state index is 0.00995. The van der Waals surface area contributed by atoms with Crippen molar-refractivity contribution in [2.24, 2.45) is 0 Å². The maximum Gasteiger partial charge on any atom is 0.152 e. The topological polar surface area (TPSA) is 66.4 Å². The van der Waals surface area contributed by atoms with E-state index in [0.29, 0.717) is 6.42 Å². The number of anilines is 1. The van der Waals surface area contributed by atoms with Gasteiger partial charge in [0.05, 0.1) is 17.2 Å². The molecule has 144 valence electrons. The normalized spacial score (nSPS) is 21.8. The SMILES string of the molecule is Cc1nc2c(c(N(C)C3CCS(=O)(=O)C3)n1)CCN(Cc1ccccc1)C2. The van der Waals surface area contributed by atoms with Crippen LogP contribution in [0, 0.1) is 6.92 Å². The van der Waals surface area contributed by atoms with Crippen LogP contribution in [-0.4, -0.2) is 54.4 Å². The van der Waals surface area contributed by atoms with E-state index in [1.54, 1.807) is 0 Å². The smallest absolute Gasteiger partial charge is 0.152 e. The quantitative estimate of drug-likeness (QED) is 0.800.